The summed E-state index contributed by atoms with van der Waals surface area (Å²) in [5.41, 5.74) is 0. The fourth-order valence-corrected chi connectivity index (χ4v) is 1.53. The molecule has 0 heterocycles. The zero-order valence-corrected chi connectivity index (χ0v) is 13.7. The third-order valence-corrected chi connectivity index (χ3v) is 2.71. The number of carbonyl (C=O) groups is 2. The van der Waals surface area contributed by atoms with E-state index >= 15 is 0 Å². The second-order valence-corrected chi connectivity index (χ2v) is 5.66. The highest BCUT2D eigenvalue weighted by molar-refractivity contribution is 7.40. The molecule has 0 fully saturated rings. The minimum atomic E-state index is -2.04. The summed E-state index contributed by atoms with van der Waals surface area (Å²) < 4.78 is 19.8. The molecule has 0 aliphatic rings. The molecule has 0 aliphatic carbocycles. The Labute approximate surface area is 125 Å². The molecule has 21 heavy (non-hydrogen) atoms. The fraction of sp³-hybridized carbons (Fsp3) is 0.818. The molecule has 0 aliphatic heterocycles. The van der Waals surface area contributed by atoms with Gasteiger partial charge in [0.1, 0.15) is 19.8 Å². The van der Waals surface area contributed by atoms with E-state index in [2.05, 4.69) is 9.47 Å². The SMILES string of the molecule is CO.C[N+](C)(C)CCOP(O)OCC(COC=O)OC=O. The highest BCUT2D eigenvalue weighted by Gasteiger charge is 2.16. The van der Waals surface area contributed by atoms with Gasteiger partial charge in [0.25, 0.3) is 12.9 Å². The number of hydrogen-bond donors (Lipinski definition) is 2. The van der Waals surface area contributed by atoms with Gasteiger partial charge in [-0.2, -0.15) is 0 Å². The number of rotatable bonds is 12. The van der Waals surface area contributed by atoms with E-state index in [0.717, 1.165) is 7.11 Å². The highest BCUT2D eigenvalue weighted by atomic mass is 31.2. The van der Waals surface area contributed by atoms with E-state index in [4.69, 9.17) is 14.2 Å². The highest BCUT2D eigenvalue weighted by Crippen LogP contribution is 2.32. The molecule has 0 amide bonds. The predicted octanol–water partition coefficient (Wildman–Crippen LogP) is -0.732. The molecule has 2 atom stereocenters. The summed E-state index contributed by atoms with van der Waals surface area (Å²) in [6.07, 6.45) is -0.762. The maximum Gasteiger partial charge on any atom is 0.330 e. The summed E-state index contributed by atoms with van der Waals surface area (Å²) in [4.78, 5) is 29.6. The van der Waals surface area contributed by atoms with Crippen LogP contribution >= 0.6 is 8.60 Å². The number of nitrogens with zero attached hydrogens (tertiary/aromatic N) is 1. The van der Waals surface area contributed by atoms with Gasteiger partial charge in [-0.1, -0.05) is 0 Å². The van der Waals surface area contributed by atoms with E-state index in [1.807, 2.05) is 21.1 Å². The van der Waals surface area contributed by atoms with Gasteiger partial charge in [-0.05, 0) is 0 Å². The van der Waals surface area contributed by atoms with Gasteiger partial charge >= 0.3 is 8.60 Å². The molecule has 2 N–H and O–H groups in total. The second-order valence-electron chi connectivity index (χ2n) is 4.66. The summed E-state index contributed by atoms with van der Waals surface area (Å²) in [6, 6.07) is 0. The first-order valence-electron chi connectivity index (χ1n) is 6.03. The van der Waals surface area contributed by atoms with Gasteiger partial charge in [0.15, 0.2) is 6.10 Å². The smallest absolute Gasteiger partial charge is 0.330 e. The summed E-state index contributed by atoms with van der Waals surface area (Å²) in [6.45, 7) is 1.27. The van der Waals surface area contributed by atoms with Crippen LogP contribution in [0.4, 0.5) is 0 Å². The van der Waals surface area contributed by atoms with Crippen LogP contribution in [0.1, 0.15) is 0 Å². The zero-order chi connectivity index (χ0) is 16.7. The molecule has 2 unspecified atom stereocenters. The van der Waals surface area contributed by atoms with Gasteiger partial charge in [-0.3, -0.25) is 9.59 Å². The lowest BCUT2D eigenvalue weighted by molar-refractivity contribution is -0.870. The summed E-state index contributed by atoms with van der Waals surface area (Å²) in [5, 5.41) is 7.00. The Hall–Kier alpha value is -0.830. The van der Waals surface area contributed by atoms with Crippen LogP contribution in [0.5, 0.6) is 0 Å². The number of carbonyl (C=O) groups excluding carboxylic acids is 2. The zero-order valence-electron chi connectivity index (χ0n) is 12.8. The molecule has 0 saturated heterocycles. The lowest BCUT2D eigenvalue weighted by Gasteiger charge is -2.24. The minimum absolute atomic E-state index is 0.112. The summed E-state index contributed by atoms with van der Waals surface area (Å²) >= 11 is 0. The average Bonchev–Trinajstić information content (AvgIpc) is 2.42. The molecular weight excluding hydrogens is 305 g/mol. The first kappa shape index (κ1) is 22.5. The fourth-order valence-electron chi connectivity index (χ4n) is 0.929. The van der Waals surface area contributed by atoms with Crippen LogP contribution in [-0.4, -0.2) is 88.1 Å². The molecule has 0 aromatic carbocycles. The number of hydrogen-bond acceptors (Lipinski definition) is 8. The molecule has 0 spiro atoms. The number of quaternary nitrogens is 1. The average molecular weight is 330 g/mol. The number of likely N-dealkylation sites (N-methyl/N-ethyl adjacent to an activating group) is 1. The summed E-state index contributed by atoms with van der Waals surface area (Å²) in [5.74, 6) is 0. The monoisotopic (exact) mass is 330 g/mol. The Morgan fingerprint density at radius 1 is 1.10 bits per heavy atom. The quantitative estimate of drug-likeness (QED) is 0.274. The van der Waals surface area contributed by atoms with Gasteiger partial charge in [0.2, 0.25) is 0 Å². The van der Waals surface area contributed by atoms with Crippen molar-refractivity contribution in [3.05, 3.63) is 0 Å². The van der Waals surface area contributed by atoms with Gasteiger partial charge in [0.05, 0.1) is 27.7 Å². The van der Waals surface area contributed by atoms with Crippen LogP contribution < -0.4 is 0 Å². The van der Waals surface area contributed by atoms with Crippen LogP contribution in [0.25, 0.3) is 0 Å². The van der Waals surface area contributed by atoms with E-state index < -0.39 is 14.7 Å². The standard InChI is InChI=1S/C10H21NO7P.CH4O/c1-11(2,3)4-5-17-19(14)18-7-10(16-9-13)6-15-8-12;1-2/h8-10,14H,4-7H2,1-3H3;2H,1H3/q+1;. The van der Waals surface area contributed by atoms with Crippen LogP contribution in [0.15, 0.2) is 0 Å². The van der Waals surface area contributed by atoms with Crippen molar-refractivity contribution in [1.29, 1.82) is 0 Å². The van der Waals surface area contributed by atoms with Crippen molar-refractivity contribution in [2.75, 3.05) is 54.6 Å². The van der Waals surface area contributed by atoms with E-state index in [-0.39, 0.29) is 26.2 Å². The van der Waals surface area contributed by atoms with Gasteiger partial charge in [-0.25, -0.2) is 0 Å². The van der Waals surface area contributed by atoms with Crippen molar-refractivity contribution in [2.45, 2.75) is 6.10 Å². The van der Waals surface area contributed by atoms with Crippen molar-refractivity contribution in [3.63, 3.8) is 0 Å². The maximum absolute atomic E-state index is 10.2. The Balaban J connectivity index is 0. The van der Waals surface area contributed by atoms with Crippen LogP contribution in [-0.2, 0) is 28.1 Å². The van der Waals surface area contributed by atoms with E-state index in [9.17, 15) is 14.5 Å². The van der Waals surface area contributed by atoms with Gasteiger partial charge in [0, 0.05) is 7.11 Å². The van der Waals surface area contributed by atoms with Crippen LogP contribution in [0, 0.1) is 0 Å². The molecule has 0 bridgehead atoms. The van der Waals surface area contributed by atoms with E-state index in [1.54, 1.807) is 0 Å². The lowest BCUT2D eigenvalue weighted by atomic mass is 10.4. The Kier molecular flexibility index (Phi) is 15.1. The molecule has 0 radical (unpaired) electrons. The topological polar surface area (TPSA) is 112 Å². The summed E-state index contributed by atoms with van der Waals surface area (Å²) in [7, 11) is 4.94. The number of ether oxygens (including phenoxy) is 2. The Bertz CT molecular complexity index is 261. The molecule has 0 rings (SSSR count). The number of aliphatic hydroxyl groups excluding tert-OH is 1. The minimum Gasteiger partial charge on any atom is -0.464 e. The maximum atomic E-state index is 10.2. The molecule has 0 saturated carbocycles. The van der Waals surface area contributed by atoms with Gasteiger partial charge in [-0.15, -0.1) is 0 Å². The van der Waals surface area contributed by atoms with Crippen molar-refractivity contribution in [3.8, 4) is 0 Å². The molecule has 0 aromatic heterocycles. The Morgan fingerprint density at radius 3 is 2.19 bits per heavy atom. The third-order valence-electron chi connectivity index (χ3n) is 1.93. The van der Waals surface area contributed by atoms with E-state index in [1.165, 1.54) is 0 Å². The molecule has 126 valence electrons. The van der Waals surface area contributed by atoms with Crippen LogP contribution in [0.3, 0.4) is 0 Å². The first-order valence-corrected chi connectivity index (χ1v) is 7.16. The van der Waals surface area contributed by atoms with Crippen molar-refractivity contribution in [1.82, 2.24) is 0 Å². The van der Waals surface area contributed by atoms with E-state index in [0.29, 0.717) is 17.6 Å². The lowest BCUT2D eigenvalue weighted by Crippen LogP contribution is -2.37. The first-order chi connectivity index (χ1) is 9.89. The molecular formula is C11H25NO8P+. The van der Waals surface area contributed by atoms with Crippen molar-refractivity contribution >= 4 is 21.5 Å². The molecule has 9 nitrogen and oxygen atoms in total. The third kappa shape index (κ3) is 17.1. The normalized spacial score (nSPS) is 13.4. The Morgan fingerprint density at radius 2 is 1.71 bits per heavy atom. The van der Waals surface area contributed by atoms with Crippen molar-refractivity contribution < 1.29 is 42.6 Å². The molecule has 10 heteroatoms. The van der Waals surface area contributed by atoms with Crippen LogP contribution in [0.2, 0.25) is 0 Å². The van der Waals surface area contributed by atoms with Gasteiger partial charge < -0.3 is 33.0 Å². The number of aliphatic hydroxyl groups is 1. The largest absolute Gasteiger partial charge is 0.464 e. The predicted molar refractivity (Wildman–Crippen MR) is 75.0 cm³/mol. The second kappa shape index (κ2) is 14.1. The molecule has 0 aromatic rings. The van der Waals surface area contributed by atoms with Crippen molar-refractivity contribution in [2.24, 2.45) is 0 Å².